The van der Waals surface area contributed by atoms with E-state index in [1.165, 1.54) is 38.5 Å². The summed E-state index contributed by atoms with van der Waals surface area (Å²) >= 11 is 0. The highest BCUT2D eigenvalue weighted by Crippen LogP contribution is 2.69. The third-order valence-corrected chi connectivity index (χ3v) is 11.4. The second kappa shape index (κ2) is 8.45. The van der Waals surface area contributed by atoms with Crippen LogP contribution in [0.5, 0.6) is 5.75 Å². The molecular formula is C31H42O4. The van der Waals surface area contributed by atoms with E-state index in [1.54, 1.807) is 7.11 Å². The van der Waals surface area contributed by atoms with Gasteiger partial charge in [-0.2, -0.15) is 0 Å². The summed E-state index contributed by atoms with van der Waals surface area (Å²) in [6.07, 6.45) is 11.4. The topological polar surface area (TPSA) is 44.8 Å². The van der Waals surface area contributed by atoms with Crippen LogP contribution in [0, 0.1) is 40.4 Å². The van der Waals surface area contributed by atoms with Crippen molar-refractivity contribution in [2.75, 3.05) is 20.3 Å². The summed E-state index contributed by atoms with van der Waals surface area (Å²) in [5.74, 6) is 4.07. The molecule has 4 nitrogen and oxygen atoms in total. The average Bonchev–Trinajstić information content (AvgIpc) is 3.44. The van der Waals surface area contributed by atoms with Crippen molar-refractivity contribution in [1.29, 1.82) is 0 Å². The fourth-order valence-corrected chi connectivity index (χ4v) is 9.64. The molecule has 0 radical (unpaired) electrons. The van der Waals surface area contributed by atoms with Crippen molar-refractivity contribution in [2.45, 2.75) is 77.9 Å². The molecule has 0 bridgehead atoms. The molecule has 5 fully saturated rings. The zero-order valence-corrected chi connectivity index (χ0v) is 22.0. The SMILES string of the molecule is COc1ccc(/C=C2/C[C@@]3(C)[C@@H](CC[C@@H]4[C@H]3CC[C@]3(C)[C@@H]4CC[C@@H]3C3(C)OCCO3)CC2=O)cc1. The van der Waals surface area contributed by atoms with Crippen molar-refractivity contribution in [2.24, 2.45) is 40.4 Å². The van der Waals surface area contributed by atoms with Gasteiger partial charge in [-0.1, -0.05) is 26.0 Å². The highest BCUT2D eigenvalue weighted by molar-refractivity contribution is 6.00. The number of hydrogen-bond donors (Lipinski definition) is 0. The highest BCUT2D eigenvalue weighted by Gasteiger charge is 2.64. The number of hydrogen-bond acceptors (Lipinski definition) is 4. The van der Waals surface area contributed by atoms with Gasteiger partial charge >= 0.3 is 0 Å². The second-order valence-electron chi connectivity index (χ2n) is 12.8. The standard InChI is InChI=1S/C31H42O4/c1-29-14-13-26-24(25(29)11-12-28(29)31(3)34-15-16-35-31)10-7-22-18-27(32)21(19-30(22,26)2)17-20-5-8-23(33-4)9-6-20/h5-6,8-9,17,22,24-26,28H,7,10-16,18-19H2,1-4H3/b21-17-/t22-,24-,25+,26+,28-,29+,30-/m0/s1. The van der Waals surface area contributed by atoms with Crippen molar-refractivity contribution < 1.29 is 19.0 Å². The molecule has 4 aliphatic carbocycles. The van der Waals surface area contributed by atoms with Gasteiger partial charge in [0.1, 0.15) is 5.75 Å². The number of carbonyl (C=O) groups excluding carboxylic acids is 1. The van der Waals surface area contributed by atoms with Gasteiger partial charge in [0.15, 0.2) is 11.6 Å². The van der Waals surface area contributed by atoms with Gasteiger partial charge in [0, 0.05) is 12.3 Å². The van der Waals surface area contributed by atoms with Gasteiger partial charge in [-0.3, -0.25) is 4.79 Å². The Morgan fingerprint density at radius 3 is 2.34 bits per heavy atom. The van der Waals surface area contributed by atoms with Gasteiger partial charge in [-0.15, -0.1) is 0 Å². The van der Waals surface area contributed by atoms with Crippen LogP contribution in [0.4, 0.5) is 0 Å². The maximum atomic E-state index is 13.2. The molecule has 0 aromatic heterocycles. The fraction of sp³-hybridized carbons (Fsp3) is 0.710. The lowest BCUT2D eigenvalue weighted by Crippen LogP contribution is -2.55. The summed E-state index contributed by atoms with van der Waals surface area (Å²) in [6.45, 7) is 8.75. The molecule has 1 aliphatic heterocycles. The van der Waals surface area contributed by atoms with E-state index in [4.69, 9.17) is 14.2 Å². The summed E-state index contributed by atoms with van der Waals surface area (Å²) in [5, 5.41) is 0. The number of benzene rings is 1. The fourth-order valence-electron chi connectivity index (χ4n) is 9.64. The van der Waals surface area contributed by atoms with Gasteiger partial charge in [0.05, 0.1) is 20.3 Å². The lowest BCUT2D eigenvalue weighted by Gasteiger charge is -2.61. The largest absolute Gasteiger partial charge is 0.497 e. The smallest absolute Gasteiger partial charge is 0.169 e. The van der Waals surface area contributed by atoms with E-state index in [-0.39, 0.29) is 5.41 Å². The maximum absolute atomic E-state index is 13.2. The van der Waals surface area contributed by atoms with Crippen molar-refractivity contribution in [3.63, 3.8) is 0 Å². The molecule has 4 heteroatoms. The molecule has 1 aromatic rings. The van der Waals surface area contributed by atoms with Gasteiger partial charge in [-0.25, -0.2) is 0 Å². The van der Waals surface area contributed by atoms with Crippen LogP contribution in [0.2, 0.25) is 0 Å². The number of allylic oxidation sites excluding steroid dienone is 1. The first-order chi connectivity index (χ1) is 16.8. The molecule has 190 valence electrons. The van der Waals surface area contributed by atoms with E-state index in [1.807, 2.05) is 12.1 Å². The minimum Gasteiger partial charge on any atom is -0.497 e. The van der Waals surface area contributed by atoms with Crippen molar-refractivity contribution in [3.8, 4) is 5.75 Å². The van der Waals surface area contributed by atoms with Crippen LogP contribution < -0.4 is 4.74 Å². The molecule has 0 amide bonds. The number of carbonyl (C=O) groups is 1. The number of methoxy groups -OCH3 is 1. The van der Waals surface area contributed by atoms with Crippen LogP contribution in [-0.4, -0.2) is 31.9 Å². The maximum Gasteiger partial charge on any atom is 0.169 e. The first-order valence-corrected chi connectivity index (χ1v) is 13.9. The van der Waals surface area contributed by atoms with Crippen LogP contribution >= 0.6 is 0 Å². The normalized spacial score (nSPS) is 43.5. The van der Waals surface area contributed by atoms with E-state index in [0.29, 0.717) is 29.0 Å². The summed E-state index contributed by atoms with van der Waals surface area (Å²) < 4.78 is 17.7. The van der Waals surface area contributed by atoms with E-state index < -0.39 is 5.79 Å². The Morgan fingerprint density at radius 2 is 1.63 bits per heavy atom. The molecule has 35 heavy (non-hydrogen) atoms. The minimum absolute atomic E-state index is 0.221. The van der Waals surface area contributed by atoms with Gasteiger partial charge in [-0.05, 0) is 116 Å². The highest BCUT2D eigenvalue weighted by atomic mass is 16.7. The lowest BCUT2D eigenvalue weighted by molar-refractivity contribution is -0.217. The molecule has 6 rings (SSSR count). The average molecular weight is 479 g/mol. The third-order valence-electron chi connectivity index (χ3n) is 11.4. The summed E-state index contributed by atoms with van der Waals surface area (Å²) in [5.41, 5.74) is 2.66. The van der Waals surface area contributed by atoms with Gasteiger partial charge in [0.25, 0.3) is 0 Å². The van der Waals surface area contributed by atoms with Crippen molar-refractivity contribution in [3.05, 3.63) is 35.4 Å². The number of ketones is 1. The van der Waals surface area contributed by atoms with Crippen molar-refractivity contribution in [1.82, 2.24) is 0 Å². The Kier molecular flexibility index (Phi) is 5.73. The monoisotopic (exact) mass is 478 g/mol. The van der Waals surface area contributed by atoms with Crippen LogP contribution in [0.25, 0.3) is 6.08 Å². The van der Waals surface area contributed by atoms with Crippen LogP contribution in [-0.2, 0) is 14.3 Å². The minimum atomic E-state index is -0.400. The van der Waals surface area contributed by atoms with Crippen molar-refractivity contribution >= 4 is 11.9 Å². The molecule has 0 N–H and O–H groups in total. The molecular weight excluding hydrogens is 436 g/mol. The zero-order chi connectivity index (χ0) is 24.4. The van der Waals surface area contributed by atoms with E-state index in [0.717, 1.165) is 54.8 Å². The molecule has 4 saturated carbocycles. The predicted octanol–water partition coefficient (Wildman–Crippen LogP) is 6.68. The summed E-state index contributed by atoms with van der Waals surface area (Å²) in [7, 11) is 1.69. The van der Waals surface area contributed by atoms with Crippen LogP contribution in [0.1, 0.15) is 77.7 Å². The molecule has 0 spiro atoms. The molecule has 0 unspecified atom stereocenters. The third kappa shape index (κ3) is 3.65. The number of fused-ring (bicyclic) bond motifs is 5. The Morgan fingerprint density at radius 1 is 0.914 bits per heavy atom. The lowest BCUT2D eigenvalue weighted by atomic mass is 9.44. The number of rotatable bonds is 3. The summed E-state index contributed by atoms with van der Waals surface area (Å²) in [6, 6.07) is 8.10. The molecule has 1 heterocycles. The van der Waals surface area contributed by atoms with E-state index >= 15 is 0 Å². The molecule has 1 saturated heterocycles. The first-order valence-electron chi connectivity index (χ1n) is 13.9. The Balaban J connectivity index is 1.26. The van der Waals surface area contributed by atoms with Crippen LogP contribution in [0.3, 0.4) is 0 Å². The first kappa shape index (κ1) is 23.7. The zero-order valence-electron chi connectivity index (χ0n) is 22.0. The molecule has 7 atom stereocenters. The second-order valence-corrected chi connectivity index (χ2v) is 12.8. The Labute approximate surface area is 210 Å². The Hall–Kier alpha value is -1.65. The quantitative estimate of drug-likeness (QED) is 0.455. The number of Topliss-reactive ketones (excluding diaryl/α,β-unsaturated/α-hetero) is 1. The Bertz CT molecular complexity index is 1010. The predicted molar refractivity (Wildman–Crippen MR) is 137 cm³/mol. The van der Waals surface area contributed by atoms with Gasteiger partial charge in [0.2, 0.25) is 0 Å². The number of ether oxygens (including phenoxy) is 3. The molecule has 5 aliphatic rings. The molecule has 1 aromatic carbocycles. The summed E-state index contributed by atoms with van der Waals surface area (Å²) in [4.78, 5) is 13.2. The van der Waals surface area contributed by atoms with Gasteiger partial charge < -0.3 is 14.2 Å². The van der Waals surface area contributed by atoms with E-state index in [9.17, 15) is 4.79 Å². The van der Waals surface area contributed by atoms with Crippen LogP contribution in [0.15, 0.2) is 29.8 Å². The van der Waals surface area contributed by atoms with E-state index in [2.05, 4.69) is 39.0 Å².